The molecule has 2 rings (SSSR count). The lowest BCUT2D eigenvalue weighted by Gasteiger charge is -2.35. The van der Waals surface area contributed by atoms with Crippen LogP contribution in [0.3, 0.4) is 0 Å². The van der Waals surface area contributed by atoms with Crippen LogP contribution in [0.1, 0.15) is 26.7 Å². The summed E-state index contributed by atoms with van der Waals surface area (Å²) in [5.41, 5.74) is -1.27. The number of rotatable bonds is 2. The fourth-order valence-corrected chi connectivity index (χ4v) is 6.12. The quantitative estimate of drug-likeness (QED) is 0.622. The lowest BCUT2D eigenvalue weighted by atomic mass is 9.70. The highest BCUT2D eigenvalue weighted by Gasteiger charge is 2.69. The highest BCUT2D eigenvalue weighted by atomic mass is 79.9. The lowest BCUT2D eigenvalue weighted by molar-refractivity contribution is -0.127. The molecule has 0 aromatic carbocycles. The molecule has 1 N–H and O–H groups in total. The molecule has 2 saturated carbocycles. The van der Waals surface area contributed by atoms with E-state index < -0.39 is 21.3 Å². The lowest BCUT2D eigenvalue weighted by Crippen LogP contribution is -2.43. The summed E-state index contributed by atoms with van der Waals surface area (Å²) in [6.45, 7) is 3.85. The molecule has 0 heterocycles. The maximum atomic E-state index is 12.2. The van der Waals surface area contributed by atoms with Gasteiger partial charge in [0.05, 0.1) is 16.0 Å². The van der Waals surface area contributed by atoms with Crippen molar-refractivity contribution in [1.29, 1.82) is 0 Å². The Morgan fingerprint density at radius 1 is 1.50 bits per heavy atom. The summed E-state index contributed by atoms with van der Waals surface area (Å²) < 4.78 is 31.2. The van der Waals surface area contributed by atoms with Gasteiger partial charge in [0, 0.05) is 0 Å². The van der Waals surface area contributed by atoms with E-state index in [0.717, 1.165) is 6.42 Å². The van der Waals surface area contributed by atoms with Crippen LogP contribution in [-0.4, -0.2) is 29.3 Å². The summed E-state index contributed by atoms with van der Waals surface area (Å²) >= 11 is 3.35. The van der Waals surface area contributed by atoms with Crippen molar-refractivity contribution in [2.75, 3.05) is 5.75 Å². The SMILES string of the molecule is CC1(C)[C@H]2CC[C@]1(CS(=O)(=O)O)C(=O)[C@@H]2Br. The standard InChI is InChI=1S/C10H15BrO4S/c1-9(2)6-3-4-10(9,5-16(13,14)15)8(12)7(6)11/h6-7H,3-5H2,1-2H3,(H,13,14,15)/t6-,7+,10-/m0/s1. The Kier molecular flexibility index (Phi) is 2.58. The van der Waals surface area contributed by atoms with Gasteiger partial charge < -0.3 is 0 Å². The van der Waals surface area contributed by atoms with Gasteiger partial charge in [0.1, 0.15) is 0 Å². The molecular weight excluding hydrogens is 296 g/mol. The highest BCUT2D eigenvalue weighted by Crippen LogP contribution is 2.65. The molecule has 0 spiro atoms. The van der Waals surface area contributed by atoms with Gasteiger partial charge in [0.25, 0.3) is 10.1 Å². The number of carbonyl (C=O) groups excluding carboxylic acids is 1. The topological polar surface area (TPSA) is 71.4 Å². The normalized spacial score (nSPS) is 41.6. The van der Waals surface area contributed by atoms with Gasteiger partial charge in [-0.2, -0.15) is 8.42 Å². The van der Waals surface area contributed by atoms with Crippen LogP contribution in [0, 0.1) is 16.7 Å². The van der Waals surface area contributed by atoms with Crippen LogP contribution in [0.5, 0.6) is 0 Å². The number of carbonyl (C=O) groups is 1. The largest absolute Gasteiger partial charge is 0.298 e. The molecule has 0 aromatic rings. The zero-order chi connectivity index (χ0) is 12.4. The van der Waals surface area contributed by atoms with Crippen molar-refractivity contribution in [3.63, 3.8) is 0 Å². The van der Waals surface area contributed by atoms with Gasteiger partial charge >= 0.3 is 0 Å². The molecule has 3 atom stereocenters. The predicted molar refractivity (Wildman–Crippen MR) is 63.1 cm³/mol. The Morgan fingerprint density at radius 3 is 2.44 bits per heavy atom. The highest BCUT2D eigenvalue weighted by molar-refractivity contribution is 9.10. The van der Waals surface area contributed by atoms with E-state index in [4.69, 9.17) is 4.55 Å². The molecule has 16 heavy (non-hydrogen) atoms. The smallest absolute Gasteiger partial charge is 0.265 e. The second-order valence-corrected chi connectivity index (χ2v) is 7.88. The second-order valence-electron chi connectivity index (χ2n) is 5.44. The maximum absolute atomic E-state index is 12.2. The Balaban J connectivity index is 2.50. The summed E-state index contributed by atoms with van der Waals surface area (Å²) in [4.78, 5) is 11.9. The van der Waals surface area contributed by atoms with Crippen molar-refractivity contribution >= 4 is 31.8 Å². The van der Waals surface area contributed by atoms with E-state index in [9.17, 15) is 13.2 Å². The van der Waals surface area contributed by atoms with Crippen LogP contribution >= 0.6 is 15.9 Å². The van der Waals surface area contributed by atoms with E-state index in [1.807, 2.05) is 13.8 Å². The van der Waals surface area contributed by atoms with Crippen LogP contribution in [-0.2, 0) is 14.9 Å². The number of Topliss-reactive ketones (excluding diaryl/α,β-unsaturated/α-hetero) is 1. The molecular formula is C10H15BrO4S. The van der Waals surface area contributed by atoms with Crippen LogP contribution in [0.15, 0.2) is 0 Å². The van der Waals surface area contributed by atoms with Crippen molar-refractivity contribution in [3.8, 4) is 0 Å². The first kappa shape index (κ1) is 12.5. The minimum absolute atomic E-state index is 0.0635. The molecule has 2 bridgehead atoms. The van der Waals surface area contributed by atoms with Crippen molar-refractivity contribution in [2.24, 2.45) is 16.7 Å². The third kappa shape index (κ3) is 1.42. The first-order chi connectivity index (χ1) is 7.12. The molecule has 92 valence electrons. The summed E-state index contributed by atoms with van der Waals surface area (Å²) in [5, 5.41) is 0. The van der Waals surface area contributed by atoms with E-state index >= 15 is 0 Å². The number of hydrogen-bond donors (Lipinski definition) is 1. The zero-order valence-electron chi connectivity index (χ0n) is 9.23. The summed E-state index contributed by atoms with van der Waals surface area (Å²) in [7, 11) is -4.12. The average Bonchev–Trinajstić information content (AvgIpc) is 2.39. The molecule has 0 aliphatic heterocycles. The van der Waals surface area contributed by atoms with Crippen molar-refractivity contribution in [2.45, 2.75) is 31.5 Å². The van der Waals surface area contributed by atoms with Crippen molar-refractivity contribution in [1.82, 2.24) is 0 Å². The number of hydrogen-bond acceptors (Lipinski definition) is 3. The predicted octanol–water partition coefficient (Wildman–Crippen LogP) is 1.64. The second kappa shape index (κ2) is 3.29. The molecule has 2 aliphatic rings. The van der Waals surface area contributed by atoms with Gasteiger partial charge in [0.2, 0.25) is 0 Å². The first-order valence-electron chi connectivity index (χ1n) is 5.25. The Labute approximate surface area is 104 Å². The molecule has 0 unspecified atom stereocenters. The van der Waals surface area contributed by atoms with Gasteiger partial charge in [-0.15, -0.1) is 0 Å². The van der Waals surface area contributed by atoms with Gasteiger partial charge in [0.15, 0.2) is 5.78 Å². The Hall–Kier alpha value is 0.0600. The molecule has 2 aliphatic carbocycles. The van der Waals surface area contributed by atoms with Gasteiger partial charge in [-0.3, -0.25) is 9.35 Å². The van der Waals surface area contributed by atoms with Crippen molar-refractivity contribution < 1.29 is 17.8 Å². The number of ketones is 1. The van der Waals surface area contributed by atoms with E-state index in [0.29, 0.717) is 6.42 Å². The summed E-state index contributed by atoms with van der Waals surface area (Å²) in [5.74, 6) is -0.335. The summed E-state index contributed by atoms with van der Waals surface area (Å²) in [6.07, 6.45) is 1.40. The summed E-state index contributed by atoms with van der Waals surface area (Å²) in [6, 6.07) is 0. The molecule has 0 saturated heterocycles. The van der Waals surface area contributed by atoms with E-state index in [1.165, 1.54) is 0 Å². The third-order valence-electron chi connectivity index (χ3n) is 4.55. The Bertz CT molecular complexity index is 442. The minimum Gasteiger partial charge on any atom is -0.298 e. The monoisotopic (exact) mass is 310 g/mol. The third-order valence-corrected chi connectivity index (χ3v) is 6.46. The first-order valence-corrected chi connectivity index (χ1v) is 7.78. The molecule has 6 heteroatoms. The van der Waals surface area contributed by atoms with Crippen LogP contribution in [0.4, 0.5) is 0 Å². The number of alkyl halides is 1. The average molecular weight is 311 g/mol. The molecule has 0 amide bonds. The fraction of sp³-hybridized carbons (Fsp3) is 0.900. The van der Waals surface area contributed by atoms with E-state index in [-0.39, 0.29) is 21.9 Å². The van der Waals surface area contributed by atoms with E-state index in [2.05, 4.69) is 15.9 Å². The van der Waals surface area contributed by atoms with Crippen LogP contribution in [0.25, 0.3) is 0 Å². The Morgan fingerprint density at radius 2 is 2.06 bits per heavy atom. The van der Waals surface area contributed by atoms with Crippen LogP contribution in [0.2, 0.25) is 0 Å². The van der Waals surface area contributed by atoms with E-state index in [1.54, 1.807) is 0 Å². The van der Waals surface area contributed by atoms with Gasteiger partial charge in [-0.25, -0.2) is 0 Å². The molecule has 0 aromatic heterocycles. The minimum atomic E-state index is -4.12. The molecule has 4 nitrogen and oxygen atoms in total. The van der Waals surface area contributed by atoms with Crippen LogP contribution < -0.4 is 0 Å². The van der Waals surface area contributed by atoms with Gasteiger partial charge in [-0.05, 0) is 24.2 Å². The van der Waals surface area contributed by atoms with Gasteiger partial charge in [-0.1, -0.05) is 29.8 Å². The van der Waals surface area contributed by atoms with Crippen molar-refractivity contribution in [3.05, 3.63) is 0 Å². The number of fused-ring (bicyclic) bond motifs is 2. The molecule has 2 fully saturated rings. The zero-order valence-corrected chi connectivity index (χ0v) is 11.6. The number of halogens is 1. The fourth-order valence-electron chi connectivity index (χ4n) is 3.48. The maximum Gasteiger partial charge on any atom is 0.265 e. The molecule has 0 radical (unpaired) electrons.